The third-order valence-electron chi connectivity index (χ3n) is 7.94. The molecule has 15 heteroatoms. The third-order valence-corrected chi connectivity index (χ3v) is 8.72. The Kier molecular flexibility index (Phi) is 8.62. The minimum absolute atomic E-state index is 0.0126. The molecule has 0 spiro atoms. The number of aliphatic carboxylic acids is 1. The van der Waals surface area contributed by atoms with E-state index < -0.39 is 53.9 Å². The maximum Gasteiger partial charge on any atom is 0.338 e. The van der Waals surface area contributed by atoms with Crippen molar-refractivity contribution in [3.8, 4) is 0 Å². The van der Waals surface area contributed by atoms with E-state index in [1.807, 2.05) is 0 Å². The highest BCUT2D eigenvalue weighted by molar-refractivity contribution is 7.11. The summed E-state index contributed by atoms with van der Waals surface area (Å²) in [6.45, 7) is 5.66. The number of nitrogens with one attached hydrogen (secondary N) is 1. The number of esters is 1. The van der Waals surface area contributed by atoms with Crippen molar-refractivity contribution in [3.05, 3.63) is 57.2 Å². The highest BCUT2D eigenvalue weighted by Gasteiger charge is 2.61. The molecule has 2 fully saturated rings. The fraction of sp³-hybridized carbons (Fsp3) is 0.536. The van der Waals surface area contributed by atoms with Crippen LogP contribution in [0.3, 0.4) is 0 Å². The molecule has 0 bridgehead atoms. The van der Waals surface area contributed by atoms with E-state index in [0.29, 0.717) is 27.8 Å². The monoisotopic (exact) mass is 622 g/mol. The van der Waals surface area contributed by atoms with Gasteiger partial charge < -0.3 is 15.2 Å². The number of carboxylic acids is 1. The average Bonchev–Trinajstić information content (AvgIpc) is 3.66. The van der Waals surface area contributed by atoms with E-state index in [4.69, 9.17) is 14.6 Å². The molecule has 5 heterocycles. The van der Waals surface area contributed by atoms with E-state index >= 15 is 8.78 Å². The zero-order chi connectivity index (χ0) is 31.1. The first kappa shape index (κ1) is 31.0. The van der Waals surface area contributed by atoms with Gasteiger partial charge >= 0.3 is 11.9 Å². The van der Waals surface area contributed by atoms with Crippen LogP contribution in [-0.2, 0) is 19.2 Å². The summed E-state index contributed by atoms with van der Waals surface area (Å²) in [5.74, 6) is -5.26. The highest BCUT2D eigenvalue weighted by atomic mass is 32.1. The number of rotatable bonds is 10. The second kappa shape index (κ2) is 11.9. The third kappa shape index (κ3) is 6.16. The minimum atomic E-state index is -3.18. The Labute approximate surface area is 250 Å². The number of aromatic nitrogens is 2. The van der Waals surface area contributed by atoms with E-state index in [1.54, 1.807) is 30.3 Å². The first-order valence-electron chi connectivity index (χ1n) is 13.8. The molecule has 2 N–H and O–H groups in total. The number of fused-ring (bicyclic) bond motifs is 1. The van der Waals surface area contributed by atoms with Gasteiger partial charge in [0, 0.05) is 41.6 Å². The molecular weight excluding hydrogens is 589 g/mol. The topological polar surface area (TPSA) is 129 Å². The largest absolute Gasteiger partial charge is 0.481 e. The predicted molar refractivity (Wildman–Crippen MR) is 150 cm³/mol. The summed E-state index contributed by atoms with van der Waals surface area (Å²) >= 11 is 1.30. The van der Waals surface area contributed by atoms with Crippen LogP contribution in [0.25, 0.3) is 0 Å². The molecule has 3 atom stereocenters. The van der Waals surface area contributed by atoms with Gasteiger partial charge in [-0.05, 0) is 40.2 Å². The fourth-order valence-corrected chi connectivity index (χ4v) is 6.15. The molecule has 2 saturated heterocycles. The van der Waals surface area contributed by atoms with E-state index in [-0.39, 0.29) is 38.3 Å². The molecule has 3 unspecified atom stereocenters. The fourth-order valence-electron chi connectivity index (χ4n) is 5.56. The first-order chi connectivity index (χ1) is 20.3. The molecule has 0 radical (unpaired) electrons. The van der Waals surface area contributed by atoms with Crippen molar-refractivity contribution in [2.75, 3.05) is 32.8 Å². The molecule has 5 rings (SSSR count). The van der Waals surface area contributed by atoms with Gasteiger partial charge in [-0.2, -0.15) is 9.45 Å². The van der Waals surface area contributed by atoms with Crippen molar-refractivity contribution in [3.63, 3.8) is 0 Å². The molecule has 0 aliphatic carbocycles. The number of hydrogen-bond acceptors (Lipinski definition) is 11. The number of aryl methyl sites for hydroxylation is 1. The Morgan fingerprint density at radius 2 is 2.09 bits per heavy atom. The van der Waals surface area contributed by atoms with Crippen molar-refractivity contribution in [1.29, 1.82) is 0 Å². The summed E-state index contributed by atoms with van der Waals surface area (Å²) < 4.78 is 50.4. The summed E-state index contributed by atoms with van der Waals surface area (Å²) in [5.41, 5.74) is 0.0540. The van der Waals surface area contributed by atoms with Gasteiger partial charge in [-0.25, -0.2) is 23.5 Å². The number of carbonyl (C=O) groups is 2. The smallest absolute Gasteiger partial charge is 0.338 e. The number of amidine groups is 1. The number of alkyl halides is 2. The van der Waals surface area contributed by atoms with Crippen LogP contribution in [-0.4, -0.2) is 93.7 Å². The molecule has 0 saturated carbocycles. The zero-order valence-electron chi connectivity index (χ0n) is 24.1. The van der Waals surface area contributed by atoms with Crippen molar-refractivity contribution < 1.29 is 37.4 Å². The van der Waals surface area contributed by atoms with Gasteiger partial charge in [0.05, 0.1) is 36.8 Å². The molecule has 0 amide bonds. The number of thiazole rings is 1. The van der Waals surface area contributed by atoms with Gasteiger partial charge in [0.1, 0.15) is 12.1 Å². The van der Waals surface area contributed by atoms with E-state index in [1.165, 1.54) is 42.4 Å². The van der Waals surface area contributed by atoms with Gasteiger partial charge in [-0.1, -0.05) is 6.07 Å². The van der Waals surface area contributed by atoms with Gasteiger partial charge in [0.15, 0.2) is 10.8 Å². The second-order valence-corrected chi connectivity index (χ2v) is 12.2. The number of hydroxylamine groups is 2. The van der Waals surface area contributed by atoms with Crippen LogP contribution < -0.4 is 5.32 Å². The molecular formula is C28H33F3N6O5S. The maximum absolute atomic E-state index is 15.6. The van der Waals surface area contributed by atoms with Crippen LogP contribution in [0.4, 0.5) is 13.2 Å². The van der Waals surface area contributed by atoms with Gasteiger partial charge in [0.2, 0.25) is 5.95 Å². The van der Waals surface area contributed by atoms with Crippen LogP contribution in [0.1, 0.15) is 49.5 Å². The Hall–Kier alpha value is -3.40. The number of halogens is 3. The van der Waals surface area contributed by atoms with Crippen LogP contribution in [0, 0.1) is 18.3 Å². The highest BCUT2D eigenvalue weighted by Crippen LogP contribution is 2.42. The summed E-state index contributed by atoms with van der Waals surface area (Å²) in [6.07, 6.45) is 1.71. The summed E-state index contributed by atoms with van der Waals surface area (Å²) in [5, 5.41) is 16.1. The number of carboxylic acid groups (broad SMARTS) is 1. The van der Waals surface area contributed by atoms with Gasteiger partial charge in [-0.3, -0.25) is 19.5 Å². The predicted octanol–water partition coefficient (Wildman–Crippen LogP) is 3.33. The number of nitrogens with zero attached hydrogens (tertiary/aromatic N) is 5. The Balaban J connectivity index is 1.50. The number of carbonyl (C=O) groups excluding carboxylic acids is 1. The lowest BCUT2D eigenvalue weighted by Crippen LogP contribution is -2.46. The number of pyridine rings is 1. The quantitative estimate of drug-likeness (QED) is 0.301. The van der Waals surface area contributed by atoms with Gasteiger partial charge in [-0.15, -0.1) is 11.3 Å². The van der Waals surface area contributed by atoms with Gasteiger partial charge in [0.25, 0.3) is 5.92 Å². The van der Waals surface area contributed by atoms with E-state index in [9.17, 15) is 19.1 Å². The first-order valence-corrected chi connectivity index (χ1v) is 14.7. The van der Waals surface area contributed by atoms with Crippen molar-refractivity contribution in [2.45, 2.75) is 58.2 Å². The number of ether oxygens (including phenoxy) is 1. The van der Waals surface area contributed by atoms with Crippen molar-refractivity contribution in [2.24, 2.45) is 10.4 Å². The lowest BCUT2D eigenvalue weighted by molar-refractivity contribution is -0.186. The number of hydrogen-bond donors (Lipinski definition) is 2. The second-order valence-electron chi connectivity index (χ2n) is 11.3. The Bertz CT molecular complexity index is 1450. The molecule has 3 aliphatic heterocycles. The minimum Gasteiger partial charge on any atom is -0.481 e. The van der Waals surface area contributed by atoms with Crippen LogP contribution in [0.2, 0.25) is 0 Å². The van der Waals surface area contributed by atoms with Crippen molar-refractivity contribution in [1.82, 2.24) is 25.2 Å². The molecule has 11 nitrogen and oxygen atoms in total. The average molecular weight is 623 g/mol. The molecule has 2 aromatic heterocycles. The Morgan fingerprint density at radius 3 is 2.74 bits per heavy atom. The lowest BCUT2D eigenvalue weighted by atomic mass is 9.89. The SMILES string of the molecule is CCOC(=O)C1=C(CN2CC(F)(F)C3C2CON3CCC(C)(C)C(=O)O)NC(c2nccs2)=NC1c1ccc(F)nc1C. The number of aliphatic imine (C=N–C) groups is 1. The van der Waals surface area contributed by atoms with Crippen molar-refractivity contribution >= 4 is 29.1 Å². The molecule has 0 aromatic carbocycles. The molecule has 3 aliphatic rings. The Morgan fingerprint density at radius 1 is 1.33 bits per heavy atom. The van der Waals surface area contributed by atoms with E-state index in [2.05, 4.69) is 15.3 Å². The summed E-state index contributed by atoms with van der Waals surface area (Å²) in [7, 11) is 0. The standard InChI is InChI=1S/C28H33F3N6O5S/c1-5-41-25(38)20-17(34-23(24-32-9-11-43-24)35-21(20)16-6-7-19(29)33-15(16)2)12-36-14-28(30,31)22-18(36)13-42-37(22)10-8-27(3,4)26(39)40/h6-7,9,11,18,21-22H,5,8,10,12-14H2,1-4H3,(H,34,35)(H,39,40). The molecule has 2 aromatic rings. The zero-order valence-corrected chi connectivity index (χ0v) is 25.0. The normalized spacial score (nSPS) is 24.1. The molecule has 232 valence electrons. The number of likely N-dealkylation sites (tertiary alicyclic amines) is 1. The maximum atomic E-state index is 15.6. The summed E-state index contributed by atoms with van der Waals surface area (Å²) in [6, 6.07) is -0.341. The summed E-state index contributed by atoms with van der Waals surface area (Å²) in [4.78, 5) is 45.2. The van der Waals surface area contributed by atoms with E-state index in [0.717, 1.165) is 0 Å². The van der Waals surface area contributed by atoms with Crippen LogP contribution in [0.15, 0.2) is 40.0 Å². The van der Waals surface area contributed by atoms with Crippen LogP contribution in [0.5, 0.6) is 0 Å². The molecule has 43 heavy (non-hydrogen) atoms. The lowest BCUT2D eigenvalue weighted by Gasteiger charge is -2.30. The van der Waals surface area contributed by atoms with Crippen LogP contribution >= 0.6 is 11.3 Å².